The second-order valence-electron chi connectivity index (χ2n) is 6.81. The number of fused-ring (bicyclic) bond motifs is 1. The molecule has 146 valence electrons. The van der Waals surface area contributed by atoms with E-state index in [4.69, 9.17) is 38.4 Å². The highest BCUT2D eigenvalue weighted by Gasteiger charge is 2.40. The molecule has 28 heavy (non-hydrogen) atoms. The van der Waals surface area contributed by atoms with Gasteiger partial charge >= 0.3 is 0 Å². The zero-order valence-electron chi connectivity index (χ0n) is 15.4. The second kappa shape index (κ2) is 7.50. The second-order valence-corrected chi connectivity index (χ2v) is 7.65. The Labute approximate surface area is 173 Å². The minimum absolute atomic E-state index is 0.0979. The van der Waals surface area contributed by atoms with Crippen molar-refractivity contribution in [2.24, 2.45) is 5.73 Å². The number of carbonyl (C=O) groups excluding carboxylic acids is 1. The number of anilines is 1. The number of likely N-dealkylation sites (N-methyl/N-ethyl adjacent to an activating group) is 1. The summed E-state index contributed by atoms with van der Waals surface area (Å²) >= 11 is 12.3. The molecule has 1 amide bonds. The highest BCUT2D eigenvalue weighted by atomic mass is 35.5. The van der Waals surface area contributed by atoms with E-state index in [1.807, 2.05) is 18.2 Å². The molecule has 4 rings (SSSR count). The first kappa shape index (κ1) is 19.4. The first-order valence-corrected chi connectivity index (χ1v) is 9.78. The van der Waals surface area contributed by atoms with Gasteiger partial charge in [0, 0.05) is 40.2 Å². The molecule has 2 aromatic rings. The monoisotopic (exact) mass is 418 g/mol. The number of hydrogen-bond donors (Lipinski definition) is 1. The highest BCUT2D eigenvalue weighted by molar-refractivity contribution is 6.38. The zero-order chi connectivity index (χ0) is 19.9. The number of nitrogens with two attached hydrogens (primary N) is 1. The predicted octanol–water partition coefficient (Wildman–Crippen LogP) is 4.06. The molecule has 0 unspecified atom stereocenters. The fourth-order valence-electron chi connectivity index (χ4n) is 3.70. The lowest BCUT2D eigenvalue weighted by atomic mass is 9.96. The number of carbonyl (C=O) groups is 1. The van der Waals surface area contributed by atoms with Gasteiger partial charge in [-0.1, -0.05) is 35.3 Å². The van der Waals surface area contributed by atoms with Crippen LogP contribution in [0.25, 0.3) is 11.6 Å². The van der Waals surface area contributed by atoms with E-state index in [9.17, 15) is 4.79 Å². The molecule has 2 heterocycles. The van der Waals surface area contributed by atoms with E-state index in [0.717, 1.165) is 22.4 Å². The van der Waals surface area contributed by atoms with Crippen LogP contribution in [-0.4, -0.2) is 32.7 Å². The van der Waals surface area contributed by atoms with Crippen molar-refractivity contribution >= 4 is 46.4 Å². The number of hydrogen-bond acceptors (Lipinski definition) is 4. The Bertz CT molecular complexity index is 968. The Morgan fingerprint density at radius 2 is 1.93 bits per heavy atom. The van der Waals surface area contributed by atoms with Crippen LogP contribution in [0.4, 0.5) is 5.69 Å². The molecule has 0 aromatic heterocycles. The van der Waals surface area contributed by atoms with Gasteiger partial charge in [-0.3, -0.25) is 4.79 Å². The Kier molecular flexibility index (Phi) is 5.21. The van der Waals surface area contributed by atoms with Gasteiger partial charge in [0.15, 0.2) is 5.79 Å². The number of amides is 1. The smallest absolute Gasteiger partial charge is 0.258 e. The van der Waals surface area contributed by atoms with Gasteiger partial charge in [0.2, 0.25) is 0 Å². The van der Waals surface area contributed by atoms with Crippen LogP contribution in [0.15, 0.2) is 36.4 Å². The third-order valence-electron chi connectivity index (χ3n) is 5.11. The topological polar surface area (TPSA) is 64.8 Å². The average molecular weight is 419 g/mol. The quantitative estimate of drug-likeness (QED) is 0.760. The molecule has 0 spiro atoms. The molecule has 2 N–H and O–H groups in total. The number of benzene rings is 2. The highest BCUT2D eigenvalue weighted by Crippen LogP contribution is 2.42. The summed E-state index contributed by atoms with van der Waals surface area (Å²) in [5.74, 6) is -0.962. The first-order valence-electron chi connectivity index (χ1n) is 9.03. The van der Waals surface area contributed by atoms with Gasteiger partial charge in [-0.2, -0.15) is 0 Å². The van der Waals surface area contributed by atoms with E-state index in [-0.39, 0.29) is 5.91 Å². The van der Waals surface area contributed by atoms with Crippen LogP contribution in [0.1, 0.15) is 23.1 Å². The van der Waals surface area contributed by atoms with Crippen molar-refractivity contribution in [3.8, 4) is 0 Å². The summed E-state index contributed by atoms with van der Waals surface area (Å²) in [5.41, 5.74) is 9.56. The fraction of sp³-hybridized carbons (Fsp3) is 0.286. The zero-order valence-corrected chi connectivity index (χ0v) is 16.9. The Balaban J connectivity index is 1.82. The summed E-state index contributed by atoms with van der Waals surface area (Å²) in [6.07, 6.45) is 2.33. The average Bonchev–Trinajstić information content (AvgIpc) is 3.24. The Morgan fingerprint density at radius 1 is 1.18 bits per heavy atom. The third kappa shape index (κ3) is 3.23. The van der Waals surface area contributed by atoms with Crippen LogP contribution in [0.3, 0.4) is 0 Å². The lowest BCUT2D eigenvalue weighted by molar-refractivity contribution is -0.168. The van der Waals surface area contributed by atoms with Crippen molar-refractivity contribution in [2.45, 2.75) is 12.2 Å². The van der Waals surface area contributed by atoms with Gasteiger partial charge in [0.05, 0.1) is 18.9 Å². The number of halogens is 2. The molecule has 5 nitrogen and oxygen atoms in total. The maximum atomic E-state index is 12.9. The van der Waals surface area contributed by atoms with Crippen LogP contribution in [0.5, 0.6) is 0 Å². The van der Waals surface area contributed by atoms with Gasteiger partial charge in [0.25, 0.3) is 5.91 Å². The molecule has 0 atom stereocenters. The van der Waals surface area contributed by atoms with E-state index in [1.165, 1.54) is 0 Å². The molecule has 0 aliphatic carbocycles. The van der Waals surface area contributed by atoms with Crippen molar-refractivity contribution in [2.75, 3.05) is 31.7 Å². The van der Waals surface area contributed by atoms with E-state index >= 15 is 0 Å². The maximum absolute atomic E-state index is 12.9. The molecule has 0 saturated carbocycles. The lowest BCUT2D eigenvalue weighted by Crippen LogP contribution is -2.30. The first-order chi connectivity index (χ1) is 13.4. The Hall–Kier alpha value is -1.89. The van der Waals surface area contributed by atoms with Gasteiger partial charge in [-0.25, -0.2) is 0 Å². The SMILES string of the molecule is CN1C(=O)/C(=C\c2ccc(Cl)cc2Cl)c2cc(C3(CCN)OCCO3)ccc21. The minimum Gasteiger partial charge on any atom is -0.343 e. The van der Waals surface area contributed by atoms with E-state index < -0.39 is 5.79 Å². The summed E-state index contributed by atoms with van der Waals surface area (Å²) in [6.45, 7) is 1.46. The van der Waals surface area contributed by atoms with Gasteiger partial charge in [-0.05, 0) is 42.4 Å². The van der Waals surface area contributed by atoms with Crippen molar-refractivity contribution in [3.05, 3.63) is 63.1 Å². The van der Waals surface area contributed by atoms with E-state index in [1.54, 1.807) is 36.2 Å². The number of ether oxygens (including phenoxy) is 2. The minimum atomic E-state index is -0.864. The van der Waals surface area contributed by atoms with Crippen LogP contribution >= 0.6 is 23.2 Å². The number of rotatable bonds is 4. The van der Waals surface area contributed by atoms with Gasteiger partial charge in [-0.15, -0.1) is 0 Å². The predicted molar refractivity (Wildman–Crippen MR) is 111 cm³/mol. The normalized spacial score (nSPS) is 19.5. The van der Waals surface area contributed by atoms with Crippen LogP contribution in [-0.2, 0) is 20.1 Å². The van der Waals surface area contributed by atoms with Crippen molar-refractivity contribution in [1.82, 2.24) is 0 Å². The molecular weight excluding hydrogens is 399 g/mol. The lowest BCUT2D eigenvalue weighted by Gasteiger charge is -2.28. The summed E-state index contributed by atoms with van der Waals surface area (Å²) < 4.78 is 11.8. The maximum Gasteiger partial charge on any atom is 0.258 e. The molecule has 0 bridgehead atoms. The third-order valence-corrected chi connectivity index (χ3v) is 5.67. The number of nitrogens with zero attached hydrogens (tertiary/aromatic N) is 1. The van der Waals surface area contributed by atoms with Crippen LogP contribution in [0.2, 0.25) is 10.0 Å². The van der Waals surface area contributed by atoms with Gasteiger partial charge in [0.1, 0.15) is 0 Å². The van der Waals surface area contributed by atoms with Crippen LogP contribution < -0.4 is 10.6 Å². The molecule has 0 radical (unpaired) electrons. The molecule has 2 aromatic carbocycles. The van der Waals surface area contributed by atoms with E-state index in [2.05, 4.69) is 0 Å². The van der Waals surface area contributed by atoms with Crippen molar-refractivity contribution < 1.29 is 14.3 Å². The van der Waals surface area contributed by atoms with Gasteiger partial charge < -0.3 is 20.1 Å². The molecule has 2 aliphatic heterocycles. The van der Waals surface area contributed by atoms with E-state index in [0.29, 0.717) is 41.8 Å². The summed E-state index contributed by atoms with van der Waals surface area (Å²) in [4.78, 5) is 14.5. The molecule has 7 heteroatoms. The van der Waals surface area contributed by atoms with Crippen LogP contribution in [0, 0.1) is 0 Å². The molecular formula is C21H20Cl2N2O3. The largest absolute Gasteiger partial charge is 0.343 e. The molecule has 2 aliphatic rings. The Morgan fingerprint density at radius 3 is 2.61 bits per heavy atom. The molecule has 1 saturated heterocycles. The van der Waals surface area contributed by atoms with Crippen molar-refractivity contribution in [1.29, 1.82) is 0 Å². The standard InChI is InChI=1S/C21H20Cl2N2O3/c1-25-19-5-3-14(21(6-7-24)27-8-9-28-21)11-16(19)17(20(25)26)10-13-2-4-15(22)12-18(13)23/h2-5,10-12H,6-9,24H2,1H3/b17-10-. The fourth-order valence-corrected chi connectivity index (χ4v) is 4.16. The van der Waals surface area contributed by atoms with Crippen molar-refractivity contribution in [3.63, 3.8) is 0 Å². The molecule has 1 fully saturated rings. The summed E-state index contributed by atoms with van der Waals surface area (Å²) in [6, 6.07) is 11.0. The summed E-state index contributed by atoms with van der Waals surface area (Å²) in [5, 5.41) is 1.03. The summed E-state index contributed by atoms with van der Waals surface area (Å²) in [7, 11) is 1.75.